The molecule has 0 saturated carbocycles. The van der Waals surface area contributed by atoms with Crippen LogP contribution in [0.2, 0.25) is 0 Å². The van der Waals surface area contributed by atoms with Crippen LogP contribution in [0.5, 0.6) is 0 Å². The Hall–Kier alpha value is -0.870. The van der Waals surface area contributed by atoms with Gasteiger partial charge in [0.1, 0.15) is 0 Å². The highest BCUT2D eigenvalue weighted by Crippen LogP contribution is 2.30. The van der Waals surface area contributed by atoms with Crippen molar-refractivity contribution in [2.24, 2.45) is 0 Å². The standard InChI is InChI=1S/C10H16N4/c1-2-9-6-11-7-10(14(9)3-1)8-4-12-13-5-8/h4-5,9-11H,1-3,6-7H2,(H,12,13). The Bertz CT molecular complexity index is 295. The Labute approximate surface area is 83.7 Å². The van der Waals surface area contributed by atoms with E-state index < -0.39 is 0 Å². The second-order valence-corrected chi connectivity index (χ2v) is 4.24. The van der Waals surface area contributed by atoms with Crippen molar-refractivity contribution in [3.8, 4) is 0 Å². The first-order chi connectivity index (χ1) is 6.95. The fourth-order valence-corrected chi connectivity index (χ4v) is 2.74. The molecule has 2 unspecified atom stereocenters. The van der Waals surface area contributed by atoms with E-state index in [1.165, 1.54) is 24.9 Å². The number of rotatable bonds is 1. The van der Waals surface area contributed by atoms with Crippen LogP contribution in [-0.4, -0.2) is 40.8 Å². The Morgan fingerprint density at radius 2 is 2.43 bits per heavy atom. The van der Waals surface area contributed by atoms with Gasteiger partial charge in [0, 0.05) is 30.9 Å². The van der Waals surface area contributed by atoms with Gasteiger partial charge in [-0.3, -0.25) is 10.00 Å². The number of H-pyrrole nitrogens is 1. The number of aromatic amines is 1. The van der Waals surface area contributed by atoms with Gasteiger partial charge in [0.25, 0.3) is 0 Å². The molecule has 0 spiro atoms. The van der Waals surface area contributed by atoms with Crippen LogP contribution in [0.3, 0.4) is 0 Å². The highest BCUT2D eigenvalue weighted by molar-refractivity contribution is 5.13. The largest absolute Gasteiger partial charge is 0.313 e. The maximum Gasteiger partial charge on any atom is 0.0535 e. The molecule has 2 aliphatic rings. The lowest BCUT2D eigenvalue weighted by atomic mass is 10.0. The zero-order valence-electron chi connectivity index (χ0n) is 8.24. The summed E-state index contributed by atoms with van der Waals surface area (Å²) in [5.74, 6) is 0. The summed E-state index contributed by atoms with van der Waals surface area (Å²) in [6, 6.07) is 1.29. The molecule has 2 N–H and O–H groups in total. The van der Waals surface area contributed by atoms with E-state index in [2.05, 4.69) is 20.4 Å². The predicted octanol–water partition coefficient (Wildman–Crippen LogP) is 0.518. The van der Waals surface area contributed by atoms with E-state index in [-0.39, 0.29) is 0 Å². The van der Waals surface area contributed by atoms with Gasteiger partial charge < -0.3 is 5.32 Å². The number of hydrogen-bond donors (Lipinski definition) is 2. The summed E-state index contributed by atoms with van der Waals surface area (Å²) in [7, 11) is 0. The number of nitrogens with zero attached hydrogens (tertiary/aromatic N) is 2. The van der Waals surface area contributed by atoms with Crippen LogP contribution in [0.25, 0.3) is 0 Å². The molecule has 76 valence electrons. The van der Waals surface area contributed by atoms with Gasteiger partial charge in [0.05, 0.1) is 12.2 Å². The average Bonchev–Trinajstić information content (AvgIpc) is 2.88. The highest BCUT2D eigenvalue weighted by atomic mass is 15.3. The van der Waals surface area contributed by atoms with Crippen molar-refractivity contribution in [1.82, 2.24) is 20.4 Å². The monoisotopic (exact) mass is 192 g/mol. The molecular weight excluding hydrogens is 176 g/mol. The molecular formula is C10H16N4. The van der Waals surface area contributed by atoms with Crippen molar-refractivity contribution < 1.29 is 0 Å². The number of hydrogen-bond acceptors (Lipinski definition) is 3. The maximum absolute atomic E-state index is 4.03. The molecule has 0 amide bonds. The fraction of sp³-hybridized carbons (Fsp3) is 0.700. The van der Waals surface area contributed by atoms with Gasteiger partial charge in [0.2, 0.25) is 0 Å². The van der Waals surface area contributed by atoms with Crippen LogP contribution < -0.4 is 5.32 Å². The van der Waals surface area contributed by atoms with E-state index in [0.717, 1.165) is 19.1 Å². The first-order valence-electron chi connectivity index (χ1n) is 5.40. The van der Waals surface area contributed by atoms with Crippen molar-refractivity contribution in [3.05, 3.63) is 18.0 Å². The third-order valence-corrected chi connectivity index (χ3v) is 3.44. The van der Waals surface area contributed by atoms with Crippen LogP contribution >= 0.6 is 0 Å². The van der Waals surface area contributed by atoms with E-state index in [1.54, 1.807) is 0 Å². The zero-order valence-corrected chi connectivity index (χ0v) is 8.24. The Balaban J connectivity index is 1.84. The average molecular weight is 192 g/mol. The molecule has 2 aliphatic heterocycles. The molecule has 2 atom stereocenters. The summed E-state index contributed by atoms with van der Waals surface area (Å²) >= 11 is 0. The number of fused-ring (bicyclic) bond motifs is 1. The molecule has 1 aromatic rings. The quantitative estimate of drug-likeness (QED) is 0.681. The molecule has 0 aliphatic carbocycles. The predicted molar refractivity (Wildman–Crippen MR) is 53.9 cm³/mol. The lowest BCUT2D eigenvalue weighted by Gasteiger charge is -2.37. The maximum atomic E-state index is 4.03. The molecule has 1 aromatic heterocycles. The van der Waals surface area contributed by atoms with E-state index in [1.807, 2.05) is 12.4 Å². The lowest BCUT2D eigenvalue weighted by molar-refractivity contribution is 0.138. The van der Waals surface area contributed by atoms with Crippen LogP contribution in [0.4, 0.5) is 0 Å². The number of nitrogens with one attached hydrogen (secondary N) is 2. The van der Waals surface area contributed by atoms with Gasteiger partial charge in [-0.05, 0) is 19.4 Å². The molecule has 4 heteroatoms. The molecule has 3 heterocycles. The molecule has 3 rings (SSSR count). The van der Waals surface area contributed by atoms with Crippen molar-refractivity contribution in [3.63, 3.8) is 0 Å². The summed E-state index contributed by atoms with van der Waals surface area (Å²) in [6.07, 6.45) is 6.67. The third-order valence-electron chi connectivity index (χ3n) is 3.44. The minimum absolute atomic E-state index is 0.537. The molecule has 2 saturated heterocycles. The van der Waals surface area contributed by atoms with Crippen molar-refractivity contribution >= 4 is 0 Å². The normalized spacial score (nSPS) is 33.1. The van der Waals surface area contributed by atoms with E-state index in [0.29, 0.717) is 6.04 Å². The molecule has 14 heavy (non-hydrogen) atoms. The van der Waals surface area contributed by atoms with Gasteiger partial charge in [-0.15, -0.1) is 0 Å². The molecule has 0 bridgehead atoms. The second kappa shape index (κ2) is 3.37. The Morgan fingerprint density at radius 3 is 3.29 bits per heavy atom. The summed E-state index contributed by atoms with van der Waals surface area (Å²) < 4.78 is 0. The van der Waals surface area contributed by atoms with Gasteiger partial charge in [0.15, 0.2) is 0 Å². The number of aromatic nitrogens is 2. The summed E-state index contributed by atoms with van der Waals surface area (Å²) in [5.41, 5.74) is 1.32. The SMILES string of the molecule is c1n[nH]cc1C1CNCC2CCCN21. The van der Waals surface area contributed by atoms with E-state index >= 15 is 0 Å². The summed E-state index contributed by atoms with van der Waals surface area (Å²) in [6.45, 7) is 3.48. The van der Waals surface area contributed by atoms with E-state index in [9.17, 15) is 0 Å². The molecule has 0 aromatic carbocycles. The summed E-state index contributed by atoms with van der Waals surface area (Å²) in [4.78, 5) is 2.63. The minimum Gasteiger partial charge on any atom is -0.313 e. The first-order valence-corrected chi connectivity index (χ1v) is 5.40. The summed E-state index contributed by atoms with van der Waals surface area (Å²) in [5, 5.41) is 10.4. The van der Waals surface area contributed by atoms with Gasteiger partial charge in [-0.2, -0.15) is 5.10 Å². The van der Waals surface area contributed by atoms with Crippen molar-refractivity contribution in [2.45, 2.75) is 24.9 Å². The Kier molecular flexibility index (Phi) is 2.03. The van der Waals surface area contributed by atoms with Crippen molar-refractivity contribution in [1.29, 1.82) is 0 Å². The fourth-order valence-electron chi connectivity index (χ4n) is 2.74. The molecule has 2 fully saturated rings. The number of piperazine rings is 1. The van der Waals surface area contributed by atoms with Crippen LogP contribution in [-0.2, 0) is 0 Å². The highest BCUT2D eigenvalue weighted by Gasteiger charge is 2.34. The first kappa shape index (κ1) is 8.44. The third kappa shape index (κ3) is 1.26. The van der Waals surface area contributed by atoms with Gasteiger partial charge >= 0.3 is 0 Å². The lowest BCUT2D eigenvalue weighted by Crippen LogP contribution is -2.49. The minimum atomic E-state index is 0.537. The second-order valence-electron chi connectivity index (χ2n) is 4.24. The van der Waals surface area contributed by atoms with Crippen molar-refractivity contribution in [2.75, 3.05) is 19.6 Å². The van der Waals surface area contributed by atoms with Crippen LogP contribution in [0.15, 0.2) is 12.4 Å². The van der Waals surface area contributed by atoms with Gasteiger partial charge in [-0.1, -0.05) is 0 Å². The van der Waals surface area contributed by atoms with Crippen LogP contribution in [0, 0.1) is 0 Å². The van der Waals surface area contributed by atoms with E-state index in [4.69, 9.17) is 0 Å². The smallest absolute Gasteiger partial charge is 0.0535 e. The molecule has 4 nitrogen and oxygen atoms in total. The van der Waals surface area contributed by atoms with Gasteiger partial charge in [-0.25, -0.2) is 0 Å². The molecule has 0 radical (unpaired) electrons. The van der Waals surface area contributed by atoms with Crippen LogP contribution in [0.1, 0.15) is 24.4 Å². The zero-order chi connectivity index (χ0) is 9.38. The topological polar surface area (TPSA) is 44.0 Å². The Morgan fingerprint density at radius 1 is 1.43 bits per heavy atom.